The largest absolute Gasteiger partial charge is 0.324 e. The molecule has 3 heteroatoms. The molecule has 0 aliphatic rings. The molecule has 0 spiro atoms. The number of hydrogen-bond acceptors (Lipinski definition) is 3. The number of thiazole rings is 1. The van der Waals surface area contributed by atoms with Crippen LogP contribution in [0.5, 0.6) is 0 Å². The first-order chi connectivity index (χ1) is 9.40. The highest BCUT2D eigenvalue weighted by Gasteiger charge is 2.18. The van der Waals surface area contributed by atoms with Crippen LogP contribution in [0.15, 0.2) is 29.6 Å². The van der Waals surface area contributed by atoms with Gasteiger partial charge in [0.15, 0.2) is 0 Å². The van der Waals surface area contributed by atoms with Crippen LogP contribution in [0, 0.1) is 0 Å². The van der Waals surface area contributed by atoms with Crippen molar-refractivity contribution in [3.8, 4) is 0 Å². The topological polar surface area (TPSA) is 38.9 Å². The first-order valence-electron chi connectivity index (χ1n) is 7.19. The summed E-state index contributed by atoms with van der Waals surface area (Å²) in [4.78, 5) is 4.72. The van der Waals surface area contributed by atoms with Crippen LogP contribution >= 0.6 is 11.3 Å². The van der Waals surface area contributed by atoms with Crippen LogP contribution in [0.25, 0.3) is 0 Å². The summed E-state index contributed by atoms with van der Waals surface area (Å²) in [6.45, 7) is 8.73. The van der Waals surface area contributed by atoms with E-state index in [0.717, 1.165) is 23.5 Å². The van der Waals surface area contributed by atoms with E-state index >= 15 is 0 Å². The maximum Gasteiger partial charge on any atom is 0.0947 e. The van der Waals surface area contributed by atoms with Crippen molar-refractivity contribution in [1.29, 1.82) is 0 Å². The van der Waals surface area contributed by atoms with Crippen LogP contribution in [0.4, 0.5) is 0 Å². The monoisotopic (exact) mass is 288 g/mol. The van der Waals surface area contributed by atoms with Gasteiger partial charge in [0.1, 0.15) is 0 Å². The summed E-state index contributed by atoms with van der Waals surface area (Å²) >= 11 is 1.72. The molecular weight excluding hydrogens is 264 g/mol. The molecule has 0 radical (unpaired) electrons. The molecule has 0 saturated carbocycles. The summed E-state index contributed by atoms with van der Waals surface area (Å²) < 4.78 is 0. The van der Waals surface area contributed by atoms with E-state index in [-0.39, 0.29) is 11.5 Å². The molecule has 0 amide bonds. The summed E-state index contributed by atoms with van der Waals surface area (Å²) in [5.41, 5.74) is 10.1. The van der Waals surface area contributed by atoms with E-state index in [2.05, 4.69) is 57.3 Å². The fourth-order valence-corrected chi connectivity index (χ4v) is 3.14. The summed E-state index contributed by atoms with van der Waals surface area (Å²) in [6.07, 6.45) is 1.88. The minimum atomic E-state index is 0.0277. The van der Waals surface area contributed by atoms with E-state index in [1.165, 1.54) is 11.1 Å². The van der Waals surface area contributed by atoms with Gasteiger partial charge in [-0.25, -0.2) is 4.98 Å². The second-order valence-electron chi connectivity index (χ2n) is 6.28. The van der Waals surface area contributed by atoms with E-state index < -0.39 is 0 Å². The Hall–Kier alpha value is -1.19. The predicted octanol–water partition coefficient (Wildman–Crippen LogP) is 4.25. The van der Waals surface area contributed by atoms with Gasteiger partial charge in [0, 0.05) is 23.3 Å². The summed E-state index contributed by atoms with van der Waals surface area (Å²) in [6, 6.07) is 8.64. The molecule has 0 bridgehead atoms. The average Bonchev–Trinajstić information content (AvgIpc) is 2.87. The minimum absolute atomic E-state index is 0.0277. The van der Waals surface area contributed by atoms with Gasteiger partial charge in [-0.2, -0.15) is 0 Å². The Labute approximate surface area is 126 Å². The van der Waals surface area contributed by atoms with Crippen molar-refractivity contribution in [3.63, 3.8) is 0 Å². The number of aromatic nitrogens is 1. The zero-order valence-corrected chi connectivity index (χ0v) is 13.6. The predicted molar refractivity (Wildman–Crippen MR) is 87.3 cm³/mol. The molecule has 2 N–H and O–H groups in total. The SMILES string of the molecule is CCc1ccc(C(N)Cc2nc(C(C)(C)C)cs2)cc1. The van der Waals surface area contributed by atoms with Crippen molar-refractivity contribution in [2.24, 2.45) is 5.73 Å². The average molecular weight is 288 g/mol. The van der Waals surface area contributed by atoms with Crippen LogP contribution < -0.4 is 5.73 Å². The van der Waals surface area contributed by atoms with Crippen LogP contribution in [-0.2, 0) is 18.3 Å². The summed E-state index contributed by atoms with van der Waals surface area (Å²) in [7, 11) is 0. The van der Waals surface area contributed by atoms with E-state index in [0.29, 0.717) is 0 Å². The van der Waals surface area contributed by atoms with Gasteiger partial charge in [0.2, 0.25) is 0 Å². The quantitative estimate of drug-likeness (QED) is 0.913. The lowest BCUT2D eigenvalue weighted by molar-refractivity contribution is 0.569. The van der Waals surface area contributed by atoms with E-state index in [4.69, 9.17) is 10.7 Å². The maximum atomic E-state index is 6.30. The molecule has 0 aliphatic heterocycles. The van der Waals surface area contributed by atoms with E-state index in [9.17, 15) is 0 Å². The van der Waals surface area contributed by atoms with Crippen LogP contribution in [0.3, 0.4) is 0 Å². The molecule has 1 aromatic carbocycles. The number of aryl methyl sites for hydroxylation is 1. The highest BCUT2D eigenvalue weighted by Crippen LogP contribution is 2.26. The van der Waals surface area contributed by atoms with Crippen LogP contribution in [0.1, 0.15) is 55.6 Å². The molecule has 0 aliphatic carbocycles. The van der Waals surface area contributed by atoms with Gasteiger partial charge in [0.05, 0.1) is 10.7 Å². The molecule has 1 heterocycles. The minimum Gasteiger partial charge on any atom is -0.324 e. The molecule has 20 heavy (non-hydrogen) atoms. The first-order valence-corrected chi connectivity index (χ1v) is 8.07. The lowest BCUT2D eigenvalue weighted by Gasteiger charge is -2.14. The lowest BCUT2D eigenvalue weighted by atomic mass is 9.93. The number of hydrogen-bond donors (Lipinski definition) is 1. The third-order valence-electron chi connectivity index (χ3n) is 3.53. The van der Waals surface area contributed by atoms with Crippen molar-refractivity contribution in [2.75, 3.05) is 0 Å². The second-order valence-corrected chi connectivity index (χ2v) is 7.22. The van der Waals surface area contributed by atoms with Gasteiger partial charge in [-0.05, 0) is 17.5 Å². The normalized spacial score (nSPS) is 13.4. The van der Waals surface area contributed by atoms with E-state index in [1.54, 1.807) is 11.3 Å². The van der Waals surface area contributed by atoms with Crippen LogP contribution in [-0.4, -0.2) is 4.98 Å². The Balaban J connectivity index is 2.07. The second kappa shape index (κ2) is 6.06. The Morgan fingerprint density at radius 3 is 2.35 bits per heavy atom. The van der Waals surface area contributed by atoms with Gasteiger partial charge in [-0.15, -0.1) is 11.3 Å². The van der Waals surface area contributed by atoms with Crippen molar-refractivity contribution in [1.82, 2.24) is 4.98 Å². The lowest BCUT2D eigenvalue weighted by Crippen LogP contribution is -2.15. The smallest absolute Gasteiger partial charge is 0.0947 e. The fraction of sp³-hybridized carbons (Fsp3) is 0.471. The van der Waals surface area contributed by atoms with Gasteiger partial charge in [-0.1, -0.05) is 52.0 Å². The Bertz CT molecular complexity index is 549. The Morgan fingerprint density at radius 1 is 1.20 bits per heavy atom. The zero-order chi connectivity index (χ0) is 14.8. The Morgan fingerprint density at radius 2 is 1.85 bits per heavy atom. The third-order valence-corrected chi connectivity index (χ3v) is 4.40. The first kappa shape index (κ1) is 15.2. The number of nitrogens with two attached hydrogens (primary N) is 1. The van der Waals surface area contributed by atoms with Crippen molar-refractivity contribution in [3.05, 3.63) is 51.5 Å². The highest BCUT2D eigenvalue weighted by atomic mass is 32.1. The van der Waals surface area contributed by atoms with Gasteiger partial charge >= 0.3 is 0 Å². The van der Waals surface area contributed by atoms with Crippen LogP contribution in [0.2, 0.25) is 0 Å². The maximum absolute atomic E-state index is 6.30. The number of nitrogens with zero attached hydrogens (tertiary/aromatic N) is 1. The summed E-state index contributed by atoms with van der Waals surface area (Å²) in [5, 5.41) is 3.28. The van der Waals surface area contributed by atoms with Crippen molar-refractivity contribution >= 4 is 11.3 Å². The molecule has 2 nitrogen and oxygen atoms in total. The molecule has 1 aromatic heterocycles. The molecule has 0 fully saturated rings. The molecule has 2 aromatic rings. The van der Waals surface area contributed by atoms with E-state index in [1.807, 2.05) is 0 Å². The molecule has 2 rings (SSSR count). The van der Waals surface area contributed by atoms with Crippen molar-refractivity contribution in [2.45, 2.75) is 52.0 Å². The van der Waals surface area contributed by atoms with Gasteiger partial charge in [-0.3, -0.25) is 0 Å². The van der Waals surface area contributed by atoms with Gasteiger partial charge < -0.3 is 5.73 Å². The number of benzene rings is 1. The summed E-state index contributed by atoms with van der Waals surface area (Å²) in [5.74, 6) is 0. The highest BCUT2D eigenvalue weighted by molar-refractivity contribution is 7.09. The number of rotatable bonds is 4. The van der Waals surface area contributed by atoms with Gasteiger partial charge in [0.25, 0.3) is 0 Å². The molecule has 108 valence electrons. The zero-order valence-electron chi connectivity index (χ0n) is 12.8. The van der Waals surface area contributed by atoms with Crippen molar-refractivity contribution < 1.29 is 0 Å². The molecular formula is C17H24N2S. The standard InChI is InChI=1S/C17H24N2S/c1-5-12-6-8-13(9-7-12)14(18)10-16-19-15(11-20-16)17(2,3)4/h6-9,11,14H,5,10,18H2,1-4H3. The molecule has 1 atom stereocenters. The Kier molecular flexibility index (Phi) is 4.61. The third kappa shape index (κ3) is 3.68. The fourth-order valence-electron chi connectivity index (χ4n) is 2.06. The molecule has 0 saturated heterocycles. The molecule has 1 unspecified atom stereocenters.